The molecule has 1 aliphatic rings. The highest BCUT2D eigenvalue weighted by Crippen LogP contribution is 2.34. The number of likely N-dealkylation sites (tertiary alicyclic amines) is 1. The Morgan fingerprint density at radius 1 is 1.41 bits per heavy atom. The quantitative estimate of drug-likeness (QED) is 0.803. The maximum Gasteiger partial charge on any atom is 0.329 e. The van der Waals surface area contributed by atoms with E-state index in [2.05, 4.69) is 0 Å². The van der Waals surface area contributed by atoms with Crippen LogP contribution in [0.2, 0.25) is 0 Å². The van der Waals surface area contributed by atoms with E-state index in [1.54, 1.807) is 4.90 Å². The van der Waals surface area contributed by atoms with E-state index in [9.17, 15) is 14.7 Å². The molecule has 0 spiro atoms. The molecular weight excluding hydrogens is 218 g/mol. The predicted molar refractivity (Wildman–Crippen MR) is 65.7 cm³/mol. The lowest BCUT2D eigenvalue weighted by molar-refractivity contribution is -0.158. The third-order valence-corrected chi connectivity index (χ3v) is 3.88. The summed E-state index contributed by atoms with van der Waals surface area (Å²) in [4.78, 5) is 25.3. The van der Waals surface area contributed by atoms with Gasteiger partial charge in [-0.3, -0.25) is 4.79 Å². The standard InChI is InChI=1S/C13H23NO3/c1-4-7-10(3)11(15)14-9-6-8-13(14,5-2)12(16)17/h10H,4-9H2,1-3H3,(H,16,17). The van der Waals surface area contributed by atoms with Gasteiger partial charge in [0, 0.05) is 12.5 Å². The van der Waals surface area contributed by atoms with Crippen LogP contribution >= 0.6 is 0 Å². The minimum atomic E-state index is -0.945. The third-order valence-electron chi connectivity index (χ3n) is 3.88. The Balaban J connectivity index is 2.88. The average Bonchev–Trinajstić information content (AvgIpc) is 2.73. The molecule has 0 aromatic heterocycles. The fourth-order valence-corrected chi connectivity index (χ4v) is 2.76. The zero-order valence-electron chi connectivity index (χ0n) is 11.0. The highest BCUT2D eigenvalue weighted by atomic mass is 16.4. The first-order chi connectivity index (χ1) is 7.99. The molecule has 0 aromatic carbocycles. The van der Waals surface area contributed by atoms with Crippen molar-refractivity contribution < 1.29 is 14.7 Å². The molecule has 1 saturated heterocycles. The fraction of sp³-hybridized carbons (Fsp3) is 0.846. The van der Waals surface area contributed by atoms with Gasteiger partial charge >= 0.3 is 5.97 Å². The molecule has 2 atom stereocenters. The van der Waals surface area contributed by atoms with Crippen molar-refractivity contribution in [3.05, 3.63) is 0 Å². The van der Waals surface area contributed by atoms with Gasteiger partial charge in [0.25, 0.3) is 0 Å². The first-order valence-electron chi connectivity index (χ1n) is 6.54. The molecule has 1 heterocycles. The van der Waals surface area contributed by atoms with Crippen LogP contribution in [0.1, 0.15) is 52.9 Å². The third kappa shape index (κ3) is 2.45. The van der Waals surface area contributed by atoms with Crippen LogP contribution in [0.3, 0.4) is 0 Å². The van der Waals surface area contributed by atoms with Crippen LogP contribution in [-0.2, 0) is 9.59 Å². The summed E-state index contributed by atoms with van der Waals surface area (Å²) in [6.07, 6.45) is 3.66. The highest BCUT2D eigenvalue weighted by Gasteiger charge is 2.48. The molecule has 2 unspecified atom stereocenters. The van der Waals surface area contributed by atoms with Crippen LogP contribution in [-0.4, -0.2) is 34.0 Å². The summed E-state index contributed by atoms with van der Waals surface area (Å²) < 4.78 is 0. The molecule has 0 radical (unpaired) electrons. The van der Waals surface area contributed by atoms with Gasteiger partial charge in [-0.05, 0) is 25.7 Å². The molecule has 0 aromatic rings. The Labute approximate surface area is 103 Å². The molecule has 4 heteroatoms. The Kier molecular flexibility index (Phi) is 4.54. The maximum atomic E-state index is 12.3. The van der Waals surface area contributed by atoms with E-state index >= 15 is 0 Å². The van der Waals surface area contributed by atoms with Crippen molar-refractivity contribution in [2.45, 2.75) is 58.4 Å². The second-order valence-electron chi connectivity index (χ2n) is 4.97. The summed E-state index contributed by atoms with van der Waals surface area (Å²) in [6, 6.07) is 0. The number of amides is 1. The maximum absolute atomic E-state index is 12.3. The normalized spacial score (nSPS) is 25.9. The van der Waals surface area contributed by atoms with Crippen molar-refractivity contribution in [1.29, 1.82) is 0 Å². The van der Waals surface area contributed by atoms with Gasteiger partial charge in [-0.25, -0.2) is 4.79 Å². The zero-order valence-corrected chi connectivity index (χ0v) is 11.0. The highest BCUT2D eigenvalue weighted by molar-refractivity contribution is 5.88. The second-order valence-corrected chi connectivity index (χ2v) is 4.97. The van der Waals surface area contributed by atoms with Crippen LogP contribution in [0, 0.1) is 5.92 Å². The first kappa shape index (κ1) is 14.0. The molecule has 1 amide bonds. The summed E-state index contributed by atoms with van der Waals surface area (Å²) >= 11 is 0. The van der Waals surface area contributed by atoms with Gasteiger partial charge in [0.1, 0.15) is 5.54 Å². The summed E-state index contributed by atoms with van der Waals surface area (Å²) in [5, 5.41) is 9.40. The van der Waals surface area contributed by atoms with Crippen LogP contribution < -0.4 is 0 Å². The van der Waals surface area contributed by atoms with E-state index in [1.807, 2.05) is 20.8 Å². The van der Waals surface area contributed by atoms with Crippen molar-refractivity contribution in [1.82, 2.24) is 4.90 Å². The lowest BCUT2D eigenvalue weighted by Crippen LogP contribution is -2.54. The number of aliphatic carboxylic acids is 1. The SMILES string of the molecule is CCCC(C)C(=O)N1CCCC1(CC)C(=O)O. The van der Waals surface area contributed by atoms with E-state index in [-0.39, 0.29) is 11.8 Å². The number of carbonyl (C=O) groups is 2. The van der Waals surface area contributed by atoms with Gasteiger partial charge in [-0.2, -0.15) is 0 Å². The van der Waals surface area contributed by atoms with Gasteiger partial charge in [0.15, 0.2) is 0 Å². The van der Waals surface area contributed by atoms with Gasteiger partial charge in [-0.1, -0.05) is 27.2 Å². The minimum absolute atomic E-state index is 0.00796. The molecule has 17 heavy (non-hydrogen) atoms. The van der Waals surface area contributed by atoms with E-state index in [0.717, 1.165) is 19.3 Å². The van der Waals surface area contributed by atoms with E-state index < -0.39 is 11.5 Å². The van der Waals surface area contributed by atoms with Gasteiger partial charge in [0.2, 0.25) is 5.91 Å². The van der Waals surface area contributed by atoms with Crippen LogP contribution in [0.15, 0.2) is 0 Å². The number of hydrogen-bond donors (Lipinski definition) is 1. The van der Waals surface area contributed by atoms with Crippen molar-refractivity contribution in [2.24, 2.45) is 5.92 Å². The van der Waals surface area contributed by atoms with Crippen molar-refractivity contribution in [3.63, 3.8) is 0 Å². The smallest absolute Gasteiger partial charge is 0.329 e. The molecule has 1 rings (SSSR count). The molecule has 4 nitrogen and oxygen atoms in total. The molecule has 0 bridgehead atoms. The van der Waals surface area contributed by atoms with Crippen LogP contribution in [0.5, 0.6) is 0 Å². The van der Waals surface area contributed by atoms with Gasteiger partial charge < -0.3 is 10.0 Å². The van der Waals surface area contributed by atoms with Crippen molar-refractivity contribution >= 4 is 11.9 Å². The Hall–Kier alpha value is -1.06. The van der Waals surface area contributed by atoms with Gasteiger partial charge in [0.05, 0.1) is 0 Å². The monoisotopic (exact) mass is 241 g/mol. The molecule has 1 N–H and O–H groups in total. The van der Waals surface area contributed by atoms with E-state index in [1.165, 1.54) is 0 Å². The number of hydrogen-bond acceptors (Lipinski definition) is 2. The van der Waals surface area contributed by atoms with Crippen molar-refractivity contribution in [2.75, 3.05) is 6.54 Å². The Morgan fingerprint density at radius 3 is 2.53 bits per heavy atom. The number of carbonyl (C=O) groups excluding carboxylic acids is 1. The summed E-state index contributed by atoms with van der Waals surface area (Å²) in [6.45, 7) is 6.38. The number of nitrogens with zero attached hydrogens (tertiary/aromatic N) is 1. The molecule has 1 fully saturated rings. The average molecular weight is 241 g/mol. The lowest BCUT2D eigenvalue weighted by Gasteiger charge is -2.35. The zero-order chi connectivity index (χ0) is 13.1. The Morgan fingerprint density at radius 2 is 2.06 bits per heavy atom. The molecule has 98 valence electrons. The molecule has 0 saturated carbocycles. The summed E-state index contributed by atoms with van der Waals surface area (Å²) in [7, 11) is 0. The summed E-state index contributed by atoms with van der Waals surface area (Å²) in [5.41, 5.74) is -0.945. The van der Waals surface area contributed by atoms with Crippen LogP contribution in [0.4, 0.5) is 0 Å². The number of rotatable bonds is 5. The molecular formula is C13H23NO3. The van der Waals surface area contributed by atoms with Gasteiger partial charge in [-0.15, -0.1) is 0 Å². The molecule has 0 aliphatic carbocycles. The number of carboxylic acid groups (broad SMARTS) is 1. The first-order valence-corrected chi connectivity index (χ1v) is 6.54. The summed E-state index contributed by atoms with van der Waals surface area (Å²) in [5.74, 6) is -0.911. The lowest BCUT2D eigenvalue weighted by atomic mass is 9.91. The largest absolute Gasteiger partial charge is 0.479 e. The number of carboxylic acids is 1. The van der Waals surface area contributed by atoms with E-state index in [0.29, 0.717) is 19.4 Å². The van der Waals surface area contributed by atoms with E-state index in [4.69, 9.17) is 0 Å². The minimum Gasteiger partial charge on any atom is -0.479 e. The topological polar surface area (TPSA) is 57.6 Å². The molecule has 1 aliphatic heterocycles. The predicted octanol–water partition coefficient (Wildman–Crippen LogP) is 2.28. The fourth-order valence-electron chi connectivity index (χ4n) is 2.76. The Bertz CT molecular complexity index is 303. The second kappa shape index (κ2) is 5.52. The van der Waals surface area contributed by atoms with Crippen LogP contribution in [0.25, 0.3) is 0 Å². The van der Waals surface area contributed by atoms with Crippen molar-refractivity contribution in [3.8, 4) is 0 Å².